The van der Waals surface area contributed by atoms with Crippen molar-refractivity contribution in [2.24, 2.45) is 0 Å². The number of hydrogen-bond acceptors (Lipinski definition) is 5. The highest BCUT2D eigenvalue weighted by Gasteiger charge is 2.34. The largest absolute Gasteiger partial charge is 0.294 e. The quantitative estimate of drug-likeness (QED) is 0.558. The van der Waals surface area contributed by atoms with Crippen LogP contribution in [0.2, 0.25) is 5.02 Å². The van der Waals surface area contributed by atoms with E-state index in [9.17, 15) is 18.5 Å². The van der Waals surface area contributed by atoms with Gasteiger partial charge in [-0.15, -0.1) is 0 Å². The van der Waals surface area contributed by atoms with E-state index in [1.165, 1.54) is 28.6 Å². The van der Waals surface area contributed by atoms with Crippen LogP contribution in [-0.4, -0.2) is 48.7 Å². The van der Waals surface area contributed by atoms with Gasteiger partial charge in [-0.2, -0.15) is 4.31 Å². The van der Waals surface area contributed by atoms with E-state index in [1.807, 2.05) is 24.3 Å². The first-order valence-corrected chi connectivity index (χ1v) is 10.4. The molecule has 0 aliphatic carbocycles. The third-order valence-corrected chi connectivity index (χ3v) is 7.05. The number of hydrogen-bond donors (Lipinski definition) is 0. The van der Waals surface area contributed by atoms with Crippen molar-refractivity contribution in [1.82, 2.24) is 9.21 Å². The average molecular weight is 410 g/mol. The Labute approximate surface area is 163 Å². The SMILES string of the molecule is CC(c1ccc(Cl)cc1)N1CCN(S(=O)(=O)c2ccccc2[N+](=O)[O-])CC1. The lowest BCUT2D eigenvalue weighted by atomic mass is 10.1. The van der Waals surface area contributed by atoms with Crippen LogP contribution >= 0.6 is 11.6 Å². The maximum Gasteiger partial charge on any atom is 0.289 e. The van der Waals surface area contributed by atoms with Crippen molar-refractivity contribution >= 4 is 27.3 Å². The second kappa shape index (κ2) is 7.93. The van der Waals surface area contributed by atoms with E-state index >= 15 is 0 Å². The molecule has 0 aromatic heterocycles. The second-order valence-corrected chi connectivity index (χ2v) is 8.74. The van der Waals surface area contributed by atoms with Crippen molar-refractivity contribution in [1.29, 1.82) is 0 Å². The lowest BCUT2D eigenvalue weighted by Crippen LogP contribution is -2.49. The number of nitro benzene ring substituents is 1. The smallest absolute Gasteiger partial charge is 0.289 e. The molecule has 144 valence electrons. The van der Waals surface area contributed by atoms with Gasteiger partial charge in [-0.05, 0) is 30.7 Å². The molecule has 2 aromatic rings. The van der Waals surface area contributed by atoms with Gasteiger partial charge in [0.25, 0.3) is 5.69 Å². The summed E-state index contributed by atoms with van der Waals surface area (Å²) < 4.78 is 27.1. The summed E-state index contributed by atoms with van der Waals surface area (Å²) in [5, 5.41) is 11.9. The lowest BCUT2D eigenvalue weighted by Gasteiger charge is -2.37. The Balaban J connectivity index is 1.73. The Morgan fingerprint density at radius 3 is 2.22 bits per heavy atom. The summed E-state index contributed by atoms with van der Waals surface area (Å²) in [7, 11) is -3.91. The van der Waals surface area contributed by atoms with Gasteiger partial charge >= 0.3 is 0 Å². The van der Waals surface area contributed by atoms with Gasteiger partial charge in [0.15, 0.2) is 4.90 Å². The average Bonchev–Trinajstić information content (AvgIpc) is 2.68. The highest BCUT2D eigenvalue weighted by atomic mass is 35.5. The highest BCUT2D eigenvalue weighted by molar-refractivity contribution is 7.89. The molecule has 27 heavy (non-hydrogen) atoms. The zero-order valence-corrected chi connectivity index (χ0v) is 16.4. The Hall–Kier alpha value is -2.00. The summed E-state index contributed by atoms with van der Waals surface area (Å²) in [6.07, 6.45) is 0. The fraction of sp³-hybridized carbons (Fsp3) is 0.333. The Morgan fingerprint density at radius 1 is 1.04 bits per heavy atom. The van der Waals surface area contributed by atoms with E-state index in [2.05, 4.69) is 11.8 Å². The molecule has 0 spiro atoms. The number of rotatable bonds is 5. The summed E-state index contributed by atoms with van der Waals surface area (Å²) in [6, 6.07) is 13.2. The van der Waals surface area contributed by atoms with Crippen LogP contribution < -0.4 is 0 Å². The third kappa shape index (κ3) is 4.14. The van der Waals surface area contributed by atoms with Gasteiger partial charge in [0.2, 0.25) is 10.0 Å². The van der Waals surface area contributed by atoms with E-state index in [1.54, 1.807) is 0 Å². The van der Waals surface area contributed by atoms with Gasteiger partial charge < -0.3 is 0 Å². The highest BCUT2D eigenvalue weighted by Crippen LogP contribution is 2.29. The minimum atomic E-state index is -3.91. The first-order chi connectivity index (χ1) is 12.8. The molecule has 2 aromatic carbocycles. The molecule has 1 aliphatic heterocycles. The van der Waals surface area contributed by atoms with Gasteiger partial charge in [-0.1, -0.05) is 35.9 Å². The van der Waals surface area contributed by atoms with Crippen LogP contribution in [0.25, 0.3) is 0 Å². The zero-order chi connectivity index (χ0) is 19.6. The van der Waals surface area contributed by atoms with E-state index in [0.29, 0.717) is 18.1 Å². The van der Waals surface area contributed by atoms with Crippen molar-refractivity contribution < 1.29 is 13.3 Å². The van der Waals surface area contributed by atoms with Crippen LogP contribution in [0.4, 0.5) is 5.69 Å². The fourth-order valence-electron chi connectivity index (χ4n) is 3.25. The molecular formula is C18H20ClN3O4S. The lowest BCUT2D eigenvalue weighted by molar-refractivity contribution is -0.387. The topological polar surface area (TPSA) is 83.8 Å². The van der Waals surface area contributed by atoms with Crippen LogP contribution in [0.15, 0.2) is 53.4 Å². The molecule has 3 rings (SSSR count). The number of halogens is 1. The molecule has 1 atom stereocenters. The van der Waals surface area contributed by atoms with Crippen molar-refractivity contribution in [3.8, 4) is 0 Å². The van der Waals surface area contributed by atoms with Crippen LogP contribution in [0.5, 0.6) is 0 Å². The summed E-state index contributed by atoms with van der Waals surface area (Å²) in [5.41, 5.74) is 0.712. The molecule has 9 heteroatoms. The molecule has 1 fully saturated rings. The van der Waals surface area contributed by atoms with E-state index in [4.69, 9.17) is 11.6 Å². The van der Waals surface area contributed by atoms with Crippen LogP contribution in [0.1, 0.15) is 18.5 Å². The monoisotopic (exact) mass is 409 g/mol. The summed E-state index contributed by atoms with van der Waals surface area (Å²) in [6.45, 7) is 3.72. The Morgan fingerprint density at radius 2 is 1.63 bits per heavy atom. The molecule has 0 radical (unpaired) electrons. The Bertz CT molecular complexity index is 926. The predicted molar refractivity (Wildman–Crippen MR) is 103 cm³/mol. The van der Waals surface area contributed by atoms with Crippen molar-refractivity contribution in [3.63, 3.8) is 0 Å². The number of piperazine rings is 1. The number of nitrogens with zero attached hydrogens (tertiary/aromatic N) is 3. The van der Waals surface area contributed by atoms with Crippen molar-refractivity contribution in [2.75, 3.05) is 26.2 Å². The number of nitro groups is 1. The second-order valence-electron chi connectivity index (χ2n) is 6.39. The van der Waals surface area contributed by atoms with Gasteiger partial charge in [0.1, 0.15) is 0 Å². The third-order valence-electron chi connectivity index (χ3n) is 4.85. The fourth-order valence-corrected chi connectivity index (χ4v) is 4.95. The van der Waals surface area contributed by atoms with Gasteiger partial charge in [-0.3, -0.25) is 15.0 Å². The van der Waals surface area contributed by atoms with E-state index in [0.717, 1.165) is 5.56 Å². The van der Waals surface area contributed by atoms with Crippen LogP contribution in [0.3, 0.4) is 0 Å². The standard InChI is InChI=1S/C18H20ClN3O4S/c1-14(15-6-8-16(19)9-7-15)20-10-12-21(13-11-20)27(25,26)18-5-3-2-4-17(18)22(23)24/h2-9,14H,10-13H2,1H3. The van der Waals surface area contributed by atoms with E-state index < -0.39 is 20.6 Å². The first kappa shape index (κ1) is 19.8. The zero-order valence-electron chi connectivity index (χ0n) is 14.8. The minimum Gasteiger partial charge on any atom is -0.294 e. The van der Waals surface area contributed by atoms with Crippen LogP contribution in [-0.2, 0) is 10.0 Å². The molecule has 1 saturated heterocycles. The molecule has 1 aliphatic rings. The first-order valence-electron chi connectivity index (χ1n) is 8.54. The number of benzene rings is 2. The van der Waals surface area contributed by atoms with Crippen molar-refractivity contribution in [2.45, 2.75) is 17.9 Å². The predicted octanol–water partition coefficient (Wildman–Crippen LogP) is 3.32. The number of para-hydroxylation sites is 1. The Kier molecular flexibility index (Phi) is 5.81. The molecule has 1 unspecified atom stereocenters. The normalized spacial score (nSPS) is 17.6. The molecule has 0 amide bonds. The molecule has 1 heterocycles. The molecule has 0 bridgehead atoms. The summed E-state index contributed by atoms with van der Waals surface area (Å²) >= 11 is 5.93. The van der Waals surface area contributed by atoms with Gasteiger partial charge in [0, 0.05) is 43.3 Å². The molecule has 0 saturated carbocycles. The summed E-state index contributed by atoms with van der Waals surface area (Å²) in [4.78, 5) is 12.5. The van der Waals surface area contributed by atoms with Crippen molar-refractivity contribution in [3.05, 3.63) is 69.2 Å². The maximum atomic E-state index is 12.9. The van der Waals surface area contributed by atoms with E-state index in [-0.39, 0.29) is 24.0 Å². The molecule has 0 N–H and O–H groups in total. The van der Waals surface area contributed by atoms with Gasteiger partial charge in [-0.25, -0.2) is 8.42 Å². The van der Waals surface area contributed by atoms with Gasteiger partial charge in [0.05, 0.1) is 4.92 Å². The maximum absolute atomic E-state index is 12.9. The summed E-state index contributed by atoms with van der Waals surface area (Å²) in [5.74, 6) is 0. The molecular weight excluding hydrogens is 390 g/mol. The minimum absolute atomic E-state index is 0.123. The number of sulfonamides is 1. The van der Waals surface area contributed by atoms with Crippen LogP contribution in [0, 0.1) is 10.1 Å². The molecule has 7 nitrogen and oxygen atoms in total.